The van der Waals surface area contributed by atoms with Crippen LogP contribution in [0.5, 0.6) is 0 Å². The zero-order valence-corrected chi connectivity index (χ0v) is 23.9. The molecule has 0 aliphatic heterocycles. The van der Waals surface area contributed by atoms with Crippen molar-refractivity contribution in [2.24, 2.45) is 0 Å². The van der Waals surface area contributed by atoms with Crippen LogP contribution in [0.4, 0.5) is 5.82 Å². The molecule has 0 spiro atoms. The molecule has 0 fully saturated rings. The van der Waals surface area contributed by atoms with Gasteiger partial charge in [0.2, 0.25) is 11.8 Å². The summed E-state index contributed by atoms with van der Waals surface area (Å²) in [5.74, 6) is -0.994. The summed E-state index contributed by atoms with van der Waals surface area (Å²) < 4.78 is 0. The predicted molar refractivity (Wildman–Crippen MR) is 153 cm³/mol. The first-order chi connectivity index (χ1) is 18.5. The van der Waals surface area contributed by atoms with Crippen LogP contribution in [0.15, 0.2) is 91.1 Å². The second-order valence-electron chi connectivity index (χ2n) is 8.89. The molecule has 4 aromatic rings. The zero-order valence-electron chi connectivity index (χ0n) is 21.9. The van der Waals surface area contributed by atoms with Crippen LogP contribution in [-0.4, -0.2) is 70.5 Å². The number of rotatable bonds is 12. The van der Waals surface area contributed by atoms with Gasteiger partial charge in [-0.25, -0.2) is 4.98 Å². The Morgan fingerprint density at radius 2 is 1.59 bits per heavy atom. The van der Waals surface area contributed by atoms with E-state index in [1.165, 1.54) is 0 Å². The van der Waals surface area contributed by atoms with Gasteiger partial charge in [0.25, 0.3) is 0 Å². The number of aliphatic carboxylic acids is 1. The van der Waals surface area contributed by atoms with Gasteiger partial charge < -0.3 is 21.1 Å². The summed E-state index contributed by atoms with van der Waals surface area (Å²) >= 11 is 0. The fourth-order valence-electron chi connectivity index (χ4n) is 4.24. The molecule has 1 atom stereocenters. The Hall–Kier alpha value is -3.72. The van der Waals surface area contributed by atoms with Crippen molar-refractivity contribution in [3.8, 4) is 11.1 Å². The predicted octanol–water partition coefficient (Wildman–Crippen LogP) is 4.16. The maximum Gasteiger partial charge on any atom is 0.305 e. The normalized spacial score (nSPS) is 11.2. The molecule has 4 N–H and O–H groups in total. The standard InChI is InChI=1S/C30H30N4O4.Na/c35-28(12-6-18-32-27-11-3-4-17-31-27)33-20-29(36)34-26(19-30(37)38)23-15-13-22(14-16-23)25-10-5-8-21-7-1-2-9-24(21)25;/h1-5,7-11,13-17,26H,6,12,18-20H2,(H,31,32)(H,33,35)(H,34,36)(H,37,38);. The molecule has 9 heteroatoms. The Morgan fingerprint density at radius 3 is 2.33 bits per heavy atom. The molecule has 1 radical (unpaired) electrons. The topological polar surface area (TPSA) is 120 Å². The van der Waals surface area contributed by atoms with E-state index in [0.29, 0.717) is 18.5 Å². The maximum absolute atomic E-state index is 12.5. The number of nitrogens with one attached hydrogen (secondary N) is 3. The van der Waals surface area contributed by atoms with E-state index in [-0.39, 0.29) is 54.9 Å². The number of hydrogen-bond donors (Lipinski definition) is 4. The Kier molecular flexibility index (Phi) is 11.5. The van der Waals surface area contributed by atoms with Gasteiger partial charge in [-0.3, -0.25) is 14.4 Å². The second-order valence-corrected chi connectivity index (χ2v) is 8.89. The molecule has 1 unspecified atom stereocenters. The average Bonchev–Trinajstić information content (AvgIpc) is 2.94. The average molecular weight is 534 g/mol. The number of hydrogen-bond acceptors (Lipinski definition) is 5. The third kappa shape index (κ3) is 8.92. The number of carboxylic acid groups (broad SMARTS) is 1. The maximum atomic E-state index is 12.5. The number of carbonyl (C=O) groups is 3. The third-order valence-electron chi connectivity index (χ3n) is 6.13. The number of aromatic nitrogens is 1. The van der Waals surface area contributed by atoms with Crippen molar-refractivity contribution in [2.75, 3.05) is 18.4 Å². The van der Waals surface area contributed by atoms with Gasteiger partial charge in [-0.2, -0.15) is 0 Å². The Labute approximate surface area is 249 Å². The summed E-state index contributed by atoms with van der Waals surface area (Å²) in [7, 11) is 0. The molecule has 4 rings (SSSR count). The molecule has 39 heavy (non-hydrogen) atoms. The third-order valence-corrected chi connectivity index (χ3v) is 6.13. The van der Waals surface area contributed by atoms with Crippen LogP contribution < -0.4 is 16.0 Å². The molecular formula is C30H30N4NaO4. The van der Waals surface area contributed by atoms with Crippen molar-refractivity contribution < 1.29 is 19.5 Å². The van der Waals surface area contributed by atoms with Gasteiger partial charge >= 0.3 is 5.97 Å². The first kappa shape index (κ1) is 29.8. The Morgan fingerprint density at radius 1 is 0.846 bits per heavy atom. The minimum absolute atomic E-state index is 0. The number of nitrogens with zero attached hydrogens (tertiary/aromatic N) is 1. The van der Waals surface area contributed by atoms with Crippen molar-refractivity contribution in [1.82, 2.24) is 15.6 Å². The van der Waals surface area contributed by atoms with E-state index in [0.717, 1.165) is 27.7 Å². The van der Waals surface area contributed by atoms with E-state index in [1.807, 2.05) is 66.7 Å². The number of anilines is 1. The fraction of sp³-hybridized carbons (Fsp3) is 0.200. The monoisotopic (exact) mass is 533 g/mol. The van der Waals surface area contributed by atoms with E-state index in [1.54, 1.807) is 6.20 Å². The zero-order chi connectivity index (χ0) is 26.7. The van der Waals surface area contributed by atoms with Crippen LogP contribution in [0, 0.1) is 0 Å². The van der Waals surface area contributed by atoms with Gasteiger partial charge in [0.1, 0.15) is 5.82 Å². The van der Waals surface area contributed by atoms with Crippen LogP contribution in [0.25, 0.3) is 21.9 Å². The summed E-state index contributed by atoms with van der Waals surface area (Å²) in [6.45, 7) is 0.350. The molecule has 8 nitrogen and oxygen atoms in total. The van der Waals surface area contributed by atoms with Gasteiger partial charge in [-0.1, -0.05) is 72.8 Å². The van der Waals surface area contributed by atoms with E-state index in [2.05, 4.69) is 39.1 Å². The van der Waals surface area contributed by atoms with Crippen molar-refractivity contribution in [3.63, 3.8) is 0 Å². The molecule has 1 aromatic heterocycles. The number of amides is 2. The molecule has 0 saturated carbocycles. The minimum atomic E-state index is -1.03. The number of carboxylic acids is 1. The van der Waals surface area contributed by atoms with Crippen LogP contribution in [-0.2, 0) is 14.4 Å². The van der Waals surface area contributed by atoms with Gasteiger partial charge in [-0.05, 0) is 46.0 Å². The van der Waals surface area contributed by atoms with Gasteiger partial charge in [0.15, 0.2) is 0 Å². The summed E-state index contributed by atoms with van der Waals surface area (Å²) in [5, 5.41) is 20.1. The summed E-state index contributed by atoms with van der Waals surface area (Å²) in [6.07, 6.45) is 2.24. The fourth-order valence-corrected chi connectivity index (χ4v) is 4.24. The summed E-state index contributed by atoms with van der Waals surface area (Å²) in [5.41, 5.74) is 2.75. The smallest absolute Gasteiger partial charge is 0.305 e. The van der Waals surface area contributed by atoms with Crippen LogP contribution in [0.3, 0.4) is 0 Å². The van der Waals surface area contributed by atoms with Crippen LogP contribution in [0.1, 0.15) is 30.9 Å². The molecule has 1 heterocycles. The molecule has 195 valence electrons. The van der Waals surface area contributed by atoms with Crippen molar-refractivity contribution in [1.29, 1.82) is 0 Å². The molecule has 0 saturated heterocycles. The number of benzene rings is 3. The van der Waals surface area contributed by atoms with Crippen molar-refractivity contribution in [2.45, 2.75) is 25.3 Å². The Balaban J connectivity index is 0.00000420. The molecular weight excluding hydrogens is 503 g/mol. The number of pyridine rings is 1. The molecule has 3 aromatic carbocycles. The first-order valence-corrected chi connectivity index (χ1v) is 12.5. The molecule has 0 bridgehead atoms. The SMILES string of the molecule is O=C(O)CC(NC(=O)CNC(=O)CCCNc1ccccn1)c1ccc(-c2cccc3ccccc23)cc1.[Na]. The molecule has 0 aliphatic carbocycles. The quantitative estimate of drug-likeness (QED) is 0.160. The van der Waals surface area contributed by atoms with Crippen LogP contribution >= 0.6 is 0 Å². The van der Waals surface area contributed by atoms with E-state index in [9.17, 15) is 19.5 Å². The van der Waals surface area contributed by atoms with Gasteiger partial charge in [0.05, 0.1) is 19.0 Å². The molecule has 2 amide bonds. The number of carbonyl (C=O) groups excluding carboxylic acids is 2. The van der Waals surface area contributed by atoms with Crippen molar-refractivity contribution in [3.05, 3.63) is 96.7 Å². The Bertz CT molecular complexity index is 1390. The summed E-state index contributed by atoms with van der Waals surface area (Å²) in [6, 6.07) is 26.6. The number of fused-ring (bicyclic) bond motifs is 1. The van der Waals surface area contributed by atoms with Gasteiger partial charge in [-0.15, -0.1) is 0 Å². The second kappa shape index (κ2) is 15.0. The summed E-state index contributed by atoms with van der Waals surface area (Å²) in [4.78, 5) is 40.3. The molecule has 0 aliphatic rings. The largest absolute Gasteiger partial charge is 0.481 e. The van der Waals surface area contributed by atoms with E-state index in [4.69, 9.17) is 0 Å². The minimum Gasteiger partial charge on any atom is -0.481 e. The van der Waals surface area contributed by atoms with E-state index < -0.39 is 17.9 Å². The van der Waals surface area contributed by atoms with Crippen molar-refractivity contribution >= 4 is 63.9 Å². The van der Waals surface area contributed by atoms with Crippen LogP contribution in [0.2, 0.25) is 0 Å². The first-order valence-electron chi connectivity index (χ1n) is 12.5. The van der Waals surface area contributed by atoms with E-state index >= 15 is 0 Å². The van der Waals surface area contributed by atoms with Gasteiger partial charge in [0, 0.05) is 48.7 Å².